The molecule has 108 valence electrons. The lowest BCUT2D eigenvalue weighted by atomic mass is 10.1. The molecule has 6 heteroatoms. The van der Waals surface area contributed by atoms with Crippen molar-refractivity contribution in [1.82, 2.24) is 19.9 Å². The second-order valence-electron chi connectivity index (χ2n) is 5.46. The van der Waals surface area contributed by atoms with Crippen LogP contribution in [-0.4, -0.2) is 21.1 Å². The van der Waals surface area contributed by atoms with E-state index >= 15 is 0 Å². The maximum atomic E-state index is 12.5. The van der Waals surface area contributed by atoms with Gasteiger partial charge in [-0.1, -0.05) is 0 Å². The number of aromatic amines is 1. The van der Waals surface area contributed by atoms with Crippen LogP contribution in [0.4, 0.5) is 0 Å². The molecule has 4 heterocycles. The lowest BCUT2D eigenvalue weighted by Gasteiger charge is -2.14. The second kappa shape index (κ2) is 4.33. The quantitative estimate of drug-likeness (QED) is 0.711. The summed E-state index contributed by atoms with van der Waals surface area (Å²) in [4.78, 5) is 17.2. The van der Waals surface area contributed by atoms with Gasteiger partial charge in [0.05, 0.1) is 17.0 Å². The fourth-order valence-corrected chi connectivity index (χ4v) is 2.95. The highest BCUT2D eigenvalue weighted by molar-refractivity contribution is 5.66. The molecule has 6 nitrogen and oxygen atoms in total. The molecule has 4 rings (SSSR count). The van der Waals surface area contributed by atoms with Crippen molar-refractivity contribution in [3.63, 3.8) is 0 Å². The van der Waals surface area contributed by atoms with Crippen LogP contribution in [0.2, 0.25) is 0 Å². The van der Waals surface area contributed by atoms with E-state index in [1.54, 1.807) is 0 Å². The van der Waals surface area contributed by atoms with E-state index in [1.807, 2.05) is 26.0 Å². The maximum Gasteiger partial charge on any atom is 0.277 e. The Labute approximate surface area is 120 Å². The number of furan rings is 1. The summed E-state index contributed by atoms with van der Waals surface area (Å²) in [5, 5.41) is 6.35. The summed E-state index contributed by atoms with van der Waals surface area (Å²) in [7, 11) is 0. The molecule has 21 heavy (non-hydrogen) atoms. The van der Waals surface area contributed by atoms with Crippen LogP contribution in [0.15, 0.2) is 21.3 Å². The third kappa shape index (κ3) is 1.83. The van der Waals surface area contributed by atoms with Gasteiger partial charge in [-0.15, -0.1) is 0 Å². The predicted molar refractivity (Wildman–Crippen MR) is 78.4 cm³/mol. The van der Waals surface area contributed by atoms with Gasteiger partial charge in [-0.2, -0.15) is 0 Å². The van der Waals surface area contributed by atoms with Crippen LogP contribution >= 0.6 is 0 Å². The topological polar surface area (TPSA) is 75.3 Å². The average Bonchev–Trinajstić information content (AvgIpc) is 3.02. The zero-order valence-corrected chi connectivity index (χ0v) is 12.0. The van der Waals surface area contributed by atoms with Crippen LogP contribution in [0.25, 0.3) is 16.9 Å². The third-order valence-corrected chi connectivity index (χ3v) is 3.97. The van der Waals surface area contributed by atoms with Gasteiger partial charge in [0.2, 0.25) is 0 Å². The Morgan fingerprint density at radius 1 is 1.33 bits per heavy atom. The zero-order valence-electron chi connectivity index (χ0n) is 12.0. The van der Waals surface area contributed by atoms with Gasteiger partial charge < -0.3 is 9.73 Å². The Bertz CT molecular complexity index is 900. The molecule has 3 aromatic heterocycles. The smallest absolute Gasteiger partial charge is 0.277 e. The fraction of sp³-hybridized carbons (Fsp3) is 0.333. The van der Waals surface area contributed by atoms with Crippen molar-refractivity contribution >= 4 is 5.65 Å². The van der Waals surface area contributed by atoms with Crippen LogP contribution < -0.4 is 10.9 Å². The minimum atomic E-state index is -0.0219. The summed E-state index contributed by atoms with van der Waals surface area (Å²) in [6, 6.07) is 3.87. The van der Waals surface area contributed by atoms with E-state index in [9.17, 15) is 4.79 Å². The Morgan fingerprint density at radius 2 is 2.19 bits per heavy atom. The summed E-state index contributed by atoms with van der Waals surface area (Å²) < 4.78 is 7.07. The van der Waals surface area contributed by atoms with E-state index in [0.717, 1.165) is 47.0 Å². The molecule has 1 aliphatic rings. The standard InChI is InChI=1S/C15H16N4O2/c1-8-5-10(9(2)21-8)13-6-14-17-12-3-4-16-7-11(12)15(20)19(14)18-13/h5-6,16,18H,3-4,7H2,1-2H3. The molecule has 0 atom stereocenters. The molecule has 0 saturated carbocycles. The number of nitrogens with one attached hydrogen (secondary N) is 2. The van der Waals surface area contributed by atoms with E-state index < -0.39 is 0 Å². The van der Waals surface area contributed by atoms with Crippen molar-refractivity contribution in [2.24, 2.45) is 0 Å². The molecule has 1 aliphatic heterocycles. The molecule has 0 aromatic carbocycles. The van der Waals surface area contributed by atoms with Crippen molar-refractivity contribution in [3.05, 3.63) is 45.3 Å². The Kier molecular flexibility index (Phi) is 2.56. The van der Waals surface area contributed by atoms with Gasteiger partial charge in [-0.3, -0.25) is 9.89 Å². The first-order valence-corrected chi connectivity index (χ1v) is 7.05. The first-order valence-electron chi connectivity index (χ1n) is 7.05. The number of H-pyrrole nitrogens is 1. The SMILES string of the molecule is Cc1cc(-c2cc3nc4c(c(=O)n3[nH]2)CNCC4)c(C)o1. The summed E-state index contributed by atoms with van der Waals surface area (Å²) in [6.45, 7) is 5.28. The second-order valence-corrected chi connectivity index (χ2v) is 5.46. The highest BCUT2D eigenvalue weighted by atomic mass is 16.3. The lowest BCUT2D eigenvalue weighted by molar-refractivity contribution is 0.505. The van der Waals surface area contributed by atoms with E-state index in [4.69, 9.17) is 4.42 Å². The van der Waals surface area contributed by atoms with Gasteiger partial charge in [-0.05, 0) is 19.9 Å². The minimum Gasteiger partial charge on any atom is -0.466 e. The Hall–Kier alpha value is -2.34. The largest absolute Gasteiger partial charge is 0.466 e. The zero-order chi connectivity index (χ0) is 14.6. The summed E-state index contributed by atoms with van der Waals surface area (Å²) >= 11 is 0. The fourth-order valence-electron chi connectivity index (χ4n) is 2.95. The molecule has 3 aromatic rings. The molecular formula is C15H16N4O2. The van der Waals surface area contributed by atoms with Crippen LogP contribution in [-0.2, 0) is 13.0 Å². The summed E-state index contributed by atoms with van der Waals surface area (Å²) in [5.41, 5.74) is 4.12. The number of fused-ring (bicyclic) bond motifs is 2. The first-order chi connectivity index (χ1) is 10.1. The third-order valence-electron chi connectivity index (χ3n) is 3.97. The molecule has 0 radical (unpaired) electrons. The molecule has 0 aliphatic carbocycles. The molecule has 0 spiro atoms. The van der Waals surface area contributed by atoms with Crippen molar-refractivity contribution in [3.8, 4) is 11.3 Å². The molecular weight excluding hydrogens is 268 g/mol. The van der Waals surface area contributed by atoms with E-state index in [1.165, 1.54) is 4.52 Å². The number of hydrogen-bond donors (Lipinski definition) is 2. The number of hydrogen-bond acceptors (Lipinski definition) is 4. The molecule has 2 N–H and O–H groups in total. The number of aromatic nitrogens is 3. The average molecular weight is 284 g/mol. The number of nitrogens with zero attached hydrogens (tertiary/aromatic N) is 2. The van der Waals surface area contributed by atoms with E-state index in [2.05, 4.69) is 15.4 Å². The highest BCUT2D eigenvalue weighted by Gasteiger charge is 2.18. The number of rotatable bonds is 1. The molecule has 0 fully saturated rings. The highest BCUT2D eigenvalue weighted by Crippen LogP contribution is 2.26. The van der Waals surface area contributed by atoms with Crippen molar-refractivity contribution in [2.45, 2.75) is 26.8 Å². The van der Waals surface area contributed by atoms with Gasteiger partial charge in [0.15, 0.2) is 5.65 Å². The van der Waals surface area contributed by atoms with Gasteiger partial charge >= 0.3 is 0 Å². The Balaban J connectivity index is 1.96. The lowest BCUT2D eigenvalue weighted by Crippen LogP contribution is -2.33. The van der Waals surface area contributed by atoms with E-state index in [0.29, 0.717) is 12.2 Å². The van der Waals surface area contributed by atoms with E-state index in [-0.39, 0.29) is 5.56 Å². The molecule has 0 bridgehead atoms. The van der Waals surface area contributed by atoms with Gasteiger partial charge in [0.1, 0.15) is 11.5 Å². The molecule has 0 amide bonds. The predicted octanol–water partition coefficient (Wildman–Crippen LogP) is 1.55. The number of aryl methyl sites for hydroxylation is 2. The monoisotopic (exact) mass is 284 g/mol. The van der Waals surface area contributed by atoms with Gasteiger partial charge in [0.25, 0.3) is 5.56 Å². The van der Waals surface area contributed by atoms with Crippen LogP contribution in [0, 0.1) is 13.8 Å². The van der Waals surface area contributed by atoms with Crippen LogP contribution in [0.1, 0.15) is 22.8 Å². The minimum absolute atomic E-state index is 0.0219. The Morgan fingerprint density at radius 3 is 2.95 bits per heavy atom. The van der Waals surface area contributed by atoms with Gasteiger partial charge in [0, 0.05) is 31.1 Å². The maximum absolute atomic E-state index is 12.5. The van der Waals surface area contributed by atoms with Crippen LogP contribution in [0.5, 0.6) is 0 Å². The first kappa shape index (κ1) is 12.4. The van der Waals surface area contributed by atoms with Crippen molar-refractivity contribution in [1.29, 1.82) is 0 Å². The molecule has 0 unspecified atom stereocenters. The summed E-state index contributed by atoms with van der Waals surface area (Å²) in [6.07, 6.45) is 0.797. The normalized spacial score (nSPS) is 14.6. The van der Waals surface area contributed by atoms with Gasteiger partial charge in [-0.25, -0.2) is 9.50 Å². The molecule has 0 saturated heterocycles. The van der Waals surface area contributed by atoms with Crippen molar-refractivity contribution in [2.75, 3.05) is 6.54 Å². The van der Waals surface area contributed by atoms with Crippen LogP contribution in [0.3, 0.4) is 0 Å². The van der Waals surface area contributed by atoms with Crippen molar-refractivity contribution < 1.29 is 4.42 Å². The summed E-state index contributed by atoms with van der Waals surface area (Å²) in [5.74, 6) is 1.68.